The van der Waals surface area contributed by atoms with Gasteiger partial charge in [-0.1, -0.05) is 30.3 Å². The van der Waals surface area contributed by atoms with E-state index in [4.69, 9.17) is 8.92 Å². The summed E-state index contributed by atoms with van der Waals surface area (Å²) in [7, 11) is -2.43. The zero-order chi connectivity index (χ0) is 23.3. The van der Waals surface area contributed by atoms with Gasteiger partial charge in [0.1, 0.15) is 16.4 Å². The lowest BCUT2D eigenvalue weighted by molar-refractivity contribution is 0.0955. The van der Waals surface area contributed by atoms with Gasteiger partial charge in [-0.15, -0.1) is 0 Å². The van der Waals surface area contributed by atoms with E-state index in [2.05, 4.69) is 10.5 Å². The molecular weight excluding hydrogens is 440 g/mol. The van der Waals surface area contributed by atoms with E-state index in [0.29, 0.717) is 16.9 Å². The molecule has 0 radical (unpaired) electrons. The first kappa shape index (κ1) is 22.0. The minimum absolute atomic E-state index is 0.0769. The fourth-order valence-corrected chi connectivity index (χ4v) is 4.05. The third-order valence-electron chi connectivity index (χ3n) is 4.83. The number of hydrogen-bond acceptors (Lipinski definition) is 6. The molecule has 0 bridgehead atoms. The van der Waals surface area contributed by atoms with Gasteiger partial charge in [-0.3, -0.25) is 4.79 Å². The molecule has 0 atom stereocenters. The second kappa shape index (κ2) is 9.54. The van der Waals surface area contributed by atoms with Crippen LogP contribution in [0.2, 0.25) is 0 Å². The van der Waals surface area contributed by atoms with Crippen LogP contribution in [0, 0.1) is 0 Å². The van der Waals surface area contributed by atoms with Crippen molar-refractivity contribution in [2.45, 2.75) is 4.90 Å². The maximum atomic E-state index is 12.6. The normalized spacial score (nSPS) is 11.4. The number of carbonyl (C=O) groups is 1. The summed E-state index contributed by atoms with van der Waals surface area (Å²) in [5, 5.41) is 5.68. The van der Waals surface area contributed by atoms with E-state index < -0.39 is 10.1 Å². The number of rotatable bonds is 7. The molecule has 7 nitrogen and oxygen atoms in total. The fraction of sp³-hybridized carbons (Fsp3) is 0.0400. The Kier molecular flexibility index (Phi) is 6.37. The number of amides is 1. The van der Waals surface area contributed by atoms with Crippen LogP contribution in [0.15, 0.2) is 101 Å². The molecule has 0 fully saturated rings. The average Bonchev–Trinajstić information content (AvgIpc) is 2.84. The van der Waals surface area contributed by atoms with Crippen LogP contribution >= 0.6 is 0 Å². The molecule has 166 valence electrons. The number of hydrogen-bond donors (Lipinski definition) is 1. The second-order valence-electron chi connectivity index (χ2n) is 7.04. The van der Waals surface area contributed by atoms with Crippen molar-refractivity contribution in [1.29, 1.82) is 0 Å². The summed E-state index contributed by atoms with van der Waals surface area (Å²) in [5.41, 5.74) is 3.53. The molecular formula is C25H20N2O5S. The Morgan fingerprint density at radius 3 is 2.21 bits per heavy atom. The number of fused-ring (bicyclic) bond motifs is 1. The largest absolute Gasteiger partial charge is 0.497 e. The zero-order valence-electron chi connectivity index (χ0n) is 17.6. The van der Waals surface area contributed by atoms with Gasteiger partial charge in [0.2, 0.25) is 0 Å². The van der Waals surface area contributed by atoms with Crippen LogP contribution in [-0.2, 0) is 10.1 Å². The second-order valence-corrected chi connectivity index (χ2v) is 8.59. The molecule has 0 aliphatic heterocycles. The minimum Gasteiger partial charge on any atom is -0.497 e. The van der Waals surface area contributed by atoms with Crippen molar-refractivity contribution < 1.29 is 22.1 Å². The smallest absolute Gasteiger partial charge is 0.339 e. The summed E-state index contributed by atoms with van der Waals surface area (Å²) in [6.07, 6.45) is 1.45. The summed E-state index contributed by atoms with van der Waals surface area (Å²) in [5.74, 6) is 0.456. The first-order valence-corrected chi connectivity index (χ1v) is 11.4. The summed E-state index contributed by atoms with van der Waals surface area (Å²) in [6, 6.07) is 25.3. The molecule has 0 aliphatic rings. The fourth-order valence-electron chi connectivity index (χ4n) is 3.08. The molecule has 33 heavy (non-hydrogen) atoms. The monoisotopic (exact) mass is 460 g/mol. The molecule has 1 amide bonds. The number of nitrogens with zero attached hydrogens (tertiary/aromatic N) is 1. The van der Waals surface area contributed by atoms with Gasteiger partial charge in [0, 0.05) is 5.56 Å². The molecule has 1 N–H and O–H groups in total. The van der Waals surface area contributed by atoms with E-state index in [9.17, 15) is 13.2 Å². The molecule has 0 aromatic heterocycles. The van der Waals surface area contributed by atoms with Gasteiger partial charge >= 0.3 is 10.1 Å². The quantitative estimate of drug-likeness (QED) is 0.251. The van der Waals surface area contributed by atoms with Crippen molar-refractivity contribution in [3.8, 4) is 11.5 Å². The number of benzene rings is 4. The Bertz CT molecular complexity index is 1410. The highest BCUT2D eigenvalue weighted by Gasteiger charge is 2.17. The van der Waals surface area contributed by atoms with Gasteiger partial charge in [-0.25, -0.2) is 5.43 Å². The van der Waals surface area contributed by atoms with E-state index in [1.807, 2.05) is 24.3 Å². The Morgan fingerprint density at radius 2 is 1.52 bits per heavy atom. The number of methoxy groups -OCH3 is 1. The number of ether oxygens (including phenoxy) is 1. The molecule has 4 rings (SSSR count). The first-order chi connectivity index (χ1) is 15.9. The van der Waals surface area contributed by atoms with Gasteiger partial charge in [-0.2, -0.15) is 13.5 Å². The Morgan fingerprint density at radius 1 is 0.848 bits per heavy atom. The highest BCUT2D eigenvalue weighted by Crippen LogP contribution is 2.23. The van der Waals surface area contributed by atoms with Crippen molar-refractivity contribution in [2.75, 3.05) is 7.11 Å². The van der Waals surface area contributed by atoms with Crippen molar-refractivity contribution in [3.63, 3.8) is 0 Å². The van der Waals surface area contributed by atoms with Crippen molar-refractivity contribution in [3.05, 3.63) is 102 Å². The van der Waals surface area contributed by atoms with Crippen molar-refractivity contribution >= 4 is 33.0 Å². The van der Waals surface area contributed by atoms with Gasteiger partial charge in [0.05, 0.1) is 13.3 Å². The van der Waals surface area contributed by atoms with Crippen LogP contribution in [0.4, 0.5) is 0 Å². The van der Waals surface area contributed by atoms with Crippen LogP contribution < -0.4 is 14.3 Å². The third kappa shape index (κ3) is 5.36. The summed E-state index contributed by atoms with van der Waals surface area (Å²) in [6.45, 7) is 0. The molecule has 0 unspecified atom stereocenters. The topological polar surface area (TPSA) is 94.1 Å². The van der Waals surface area contributed by atoms with E-state index in [-0.39, 0.29) is 16.6 Å². The molecule has 4 aromatic carbocycles. The summed E-state index contributed by atoms with van der Waals surface area (Å²) in [4.78, 5) is 12.2. The highest BCUT2D eigenvalue weighted by molar-refractivity contribution is 7.87. The van der Waals surface area contributed by atoms with E-state index in [1.165, 1.54) is 24.4 Å². The van der Waals surface area contributed by atoms with Crippen LogP contribution in [0.1, 0.15) is 15.9 Å². The highest BCUT2D eigenvalue weighted by atomic mass is 32.2. The van der Waals surface area contributed by atoms with Gasteiger partial charge < -0.3 is 8.92 Å². The molecule has 0 heterocycles. The Labute approximate surface area is 191 Å². The lowest BCUT2D eigenvalue weighted by Gasteiger charge is -2.08. The first-order valence-electron chi connectivity index (χ1n) is 9.95. The lowest BCUT2D eigenvalue weighted by atomic mass is 10.1. The summed E-state index contributed by atoms with van der Waals surface area (Å²) >= 11 is 0. The zero-order valence-corrected chi connectivity index (χ0v) is 18.5. The summed E-state index contributed by atoms with van der Waals surface area (Å²) < 4.78 is 35.6. The van der Waals surface area contributed by atoms with Gasteiger partial charge in [0.15, 0.2) is 0 Å². The maximum absolute atomic E-state index is 12.6. The molecule has 0 aliphatic carbocycles. The van der Waals surface area contributed by atoms with E-state index in [0.717, 1.165) is 10.8 Å². The van der Waals surface area contributed by atoms with Crippen LogP contribution in [0.3, 0.4) is 0 Å². The SMILES string of the molecule is COc1ccc(C(=O)N/N=C\c2ccc(OS(=O)(=O)c3ccc4ccccc4c3)cc2)cc1. The van der Waals surface area contributed by atoms with Crippen LogP contribution in [0.25, 0.3) is 10.8 Å². The van der Waals surface area contributed by atoms with Crippen LogP contribution in [0.5, 0.6) is 11.5 Å². The lowest BCUT2D eigenvalue weighted by Crippen LogP contribution is -2.17. The number of nitrogens with one attached hydrogen (secondary N) is 1. The van der Waals surface area contributed by atoms with E-state index in [1.54, 1.807) is 55.6 Å². The van der Waals surface area contributed by atoms with Crippen molar-refractivity contribution in [1.82, 2.24) is 5.43 Å². The van der Waals surface area contributed by atoms with E-state index >= 15 is 0 Å². The number of carbonyl (C=O) groups excluding carboxylic acids is 1. The third-order valence-corrected chi connectivity index (χ3v) is 6.07. The molecule has 0 saturated heterocycles. The standard InChI is InChI=1S/C25H20N2O5S/c1-31-22-13-8-20(9-14-22)25(28)27-26-17-18-6-11-23(12-7-18)32-33(29,30)24-15-10-19-4-2-3-5-21(19)16-24/h2-17H,1H3,(H,27,28)/b26-17-. The molecule has 4 aromatic rings. The maximum Gasteiger partial charge on any atom is 0.339 e. The molecule has 8 heteroatoms. The number of hydrazone groups is 1. The average molecular weight is 461 g/mol. The Balaban J connectivity index is 1.39. The minimum atomic E-state index is -3.98. The van der Waals surface area contributed by atoms with Gasteiger partial charge in [0.25, 0.3) is 5.91 Å². The van der Waals surface area contributed by atoms with Crippen molar-refractivity contribution in [2.24, 2.45) is 5.10 Å². The van der Waals surface area contributed by atoms with Crippen LogP contribution in [-0.4, -0.2) is 27.6 Å². The van der Waals surface area contributed by atoms with Gasteiger partial charge in [-0.05, 0) is 77.0 Å². The Hall–Kier alpha value is -4.17. The molecule has 0 saturated carbocycles. The predicted octanol–water partition coefficient (Wildman–Crippen LogP) is 4.38. The molecule has 0 spiro atoms. The predicted molar refractivity (Wildman–Crippen MR) is 126 cm³/mol.